The molecule has 2 heterocycles. The number of nitrogens with one attached hydrogen (secondary N) is 1. The lowest BCUT2D eigenvalue weighted by atomic mass is 10.0. The Bertz CT molecular complexity index is 755. The summed E-state index contributed by atoms with van der Waals surface area (Å²) in [6.45, 7) is 0. The lowest BCUT2D eigenvalue weighted by molar-refractivity contribution is 0.937. The van der Waals surface area contributed by atoms with Crippen LogP contribution in [0, 0.1) is 11.3 Å². The summed E-state index contributed by atoms with van der Waals surface area (Å²) in [5.74, 6) is 0. The van der Waals surface area contributed by atoms with Gasteiger partial charge in [0.2, 0.25) is 0 Å². The van der Waals surface area contributed by atoms with E-state index in [0.29, 0.717) is 11.4 Å². The maximum absolute atomic E-state index is 9.02. The number of nitrogens with zero attached hydrogens (tertiary/aromatic N) is 3. The summed E-state index contributed by atoms with van der Waals surface area (Å²) < 4.78 is 0.943. The minimum Gasteiger partial charge on any atom is -0.247 e. The second-order valence-corrected chi connectivity index (χ2v) is 5.58. The lowest BCUT2D eigenvalue weighted by Gasteiger charge is -2.03. The molecule has 0 saturated heterocycles. The Morgan fingerprint density at radius 1 is 1.21 bits per heavy atom. The molecule has 0 spiro atoms. The molecule has 0 aliphatic rings. The molecule has 1 aromatic carbocycles. The average Bonchev–Trinajstić information content (AvgIpc) is 3.09. The number of benzene rings is 1. The first-order valence-electron chi connectivity index (χ1n) is 5.42. The fourth-order valence-corrected chi connectivity index (χ4v) is 2.99. The normalized spacial score (nSPS) is 10.3. The van der Waals surface area contributed by atoms with Gasteiger partial charge >= 0.3 is 0 Å². The molecule has 0 unspecified atom stereocenters. The predicted molar refractivity (Wildman–Crippen MR) is 77.5 cm³/mol. The molecule has 6 heteroatoms. The molecule has 0 bridgehead atoms. The summed E-state index contributed by atoms with van der Waals surface area (Å²) in [5, 5.41) is 23.4. The van der Waals surface area contributed by atoms with Crippen LogP contribution in [0.4, 0.5) is 0 Å². The Labute approximate surface area is 121 Å². The molecule has 3 rings (SSSR count). The first-order valence-corrected chi connectivity index (χ1v) is 7.16. The van der Waals surface area contributed by atoms with E-state index < -0.39 is 0 Å². The lowest BCUT2D eigenvalue weighted by Crippen LogP contribution is -1.85. The van der Waals surface area contributed by atoms with Gasteiger partial charge in [0.05, 0.1) is 0 Å². The number of hydrogen-bond donors (Lipinski definition) is 1. The smallest absolute Gasteiger partial charge is 0.163 e. The van der Waals surface area contributed by atoms with Gasteiger partial charge in [-0.2, -0.15) is 16.6 Å². The van der Waals surface area contributed by atoms with Gasteiger partial charge in [0, 0.05) is 10.0 Å². The minimum absolute atomic E-state index is 0.370. The number of H-pyrrole nitrogens is 1. The zero-order chi connectivity index (χ0) is 13.2. The van der Waals surface area contributed by atoms with Gasteiger partial charge in [0.1, 0.15) is 11.8 Å². The number of nitriles is 1. The topological polar surface area (TPSA) is 65.4 Å². The Morgan fingerprint density at radius 3 is 2.79 bits per heavy atom. The maximum Gasteiger partial charge on any atom is 0.163 e. The zero-order valence-electron chi connectivity index (χ0n) is 9.59. The third-order valence-corrected chi connectivity index (χ3v) is 3.83. The molecule has 1 N–H and O–H groups in total. The molecule has 0 aliphatic carbocycles. The van der Waals surface area contributed by atoms with Crippen molar-refractivity contribution < 1.29 is 0 Å². The van der Waals surface area contributed by atoms with E-state index in [2.05, 4.69) is 48.9 Å². The minimum atomic E-state index is 0.370. The van der Waals surface area contributed by atoms with Crippen LogP contribution in [-0.2, 0) is 0 Å². The summed E-state index contributed by atoms with van der Waals surface area (Å²) in [6.07, 6.45) is 0. The van der Waals surface area contributed by atoms with Crippen LogP contribution in [0.25, 0.3) is 22.4 Å². The standard InChI is InChI=1S/C13H7BrN4S/c14-11-4-9(8-1-2-19-7-8)3-10(5-11)13-12(6-15)16-18-17-13/h1-5,7H,(H,16,17,18). The number of aromatic amines is 1. The summed E-state index contributed by atoms with van der Waals surface area (Å²) in [6, 6.07) is 10.1. The van der Waals surface area contributed by atoms with Crippen molar-refractivity contribution in [1.82, 2.24) is 15.4 Å². The van der Waals surface area contributed by atoms with Crippen molar-refractivity contribution in [3.8, 4) is 28.5 Å². The predicted octanol–water partition coefficient (Wildman–Crippen LogP) is 3.83. The number of rotatable bonds is 2. The number of aromatic nitrogens is 3. The Hall–Kier alpha value is -1.97. The molecule has 0 radical (unpaired) electrons. The van der Waals surface area contributed by atoms with Crippen LogP contribution >= 0.6 is 27.3 Å². The van der Waals surface area contributed by atoms with Crippen molar-refractivity contribution in [3.63, 3.8) is 0 Å². The highest BCUT2D eigenvalue weighted by Gasteiger charge is 2.11. The van der Waals surface area contributed by atoms with Crippen LogP contribution in [-0.4, -0.2) is 15.4 Å². The van der Waals surface area contributed by atoms with Gasteiger partial charge in [0.25, 0.3) is 0 Å². The fraction of sp³-hybridized carbons (Fsp3) is 0. The summed E-state index contributed by atoms with van der Waals surface area (Å²) in [5.41, 5.74) is 4.03. The Kier molecular flexibility index (Phi) is 3.15. The highest BCUT2D eigenvalue weighted by atomic mass is 79.9. The molecule has 0 amide bonds. The first-order chi connectivity index (χ1) is 9.28. The van der Waals surface area contributed by atoms with Crippen LogP contribution < -0.4 is 0 Å². The average molecular weight is 331 g/mol. The second kappa shape index (κ2) is 4.96. The van der Waals surface area contributed by atoms with Gasteiger partial charge in [0.15, 0.2) is 5.69 Å². The van der Waals surface area contributed by atoms with Crippen molar-refractivity contribution in [2.24, 2.45) is 0 Å². The van der Waals surface area contributed by atoms with E-state index in [0.717, 1.165) is 21.2 Å². The quantitative estimate of drug-likeness (QED) is 0.776. The van der Waals surface area contributed by atoms with Crippen LogP contribution in [0.15, 0.2) is 39.5 Å². The molecule has 0 saturated carbocycles. The van der Waals surface area contributed by atoms with Crippen LogP contribution in [0.1, 0.15) is 5.69 Å². The number of halogens is 1. The molecule has 19 heavy (non-hydrogen) atoms. The van der Waals surface area contributed by atoms with Gasteiger partial charge in [-0.1, -0.05) is 21.1 Å². The molecule has 0 atom stereocenters. The molecule has 4 nitrogen and oxygen atoms in total. The fourth-order valence-electron chi connectivity index (χ4n) is 1.83. The first kappa shape index (κ1) is 12.1. The summed E-state index contributed by atoms with van der Waals surface area (Å²) in [4.78, 5) is 0. The Morgan fingerprint density at radius 2 is 2.05 bits per heavy atom. The van der Waals surface area contributed by atoms with Crippen LogP contribution in [0.2, 0.25) is 0 Å². The van der Waals surface area contributed by atoms with Gasteiger partial charge in [-0.25, -0.2) is 5.10 Å². The second-order valence-electron chi connectivity index (χ2n) is 3.89. The van der Waals surface area contributed by atoms with Crippen molar-refractivity contribution in [1.29, 1.82) is 5.26 Å². The maximum atomic E-state index is 9.02. The van der Waals surface area contributed by atoms with E-state index in [1.807, 2.05) is 23.6 Å². The van der Waals surface area contributed by atoms with E-state index in [1.165, 1.54) is 0 Å². The largest absolute Gasteiger partial charge is 0.247 e. The van der Waals surface area contributed by atoms with Gasteiger partial charge < -0.3 is 0 Å². The highest BCUT2D eigenvalue weighted by Crippen LogP contribution is 2.31. The molecule has 92 valence electrons. The summed E-state index contributed by atoms with van der Waals surface area (Å²) in [7, 11) is 0. The van der Waals surface area contributed by atoms with E-state index in [-0.39, 0.29) is 0 Å². The monoisotopic (exact) mass is 330 g/mol. The third kappa shape index (κ3) is 2.30. The van der Waals surface area contributed by atoms with Crippen LogP contribution in [0.3, 0.4) is 0 Å². The molecular weight excluding hydrogens is 324 g/mol. The molecule has 0 aliphatic heterocycles. The third-order valence-electron chi connectivity index (χ3n) is 2.69. The summed E-state index contributed by atoms with van der Waals surface area (Å²) >= 11 is 5.14. The molecule has 0 fully saturated rings. The van der Waals surface area contributed by atoms with E-state index in [9.17, 15) is 0 Å². The van der Waals surface area contributed by atoms with Gasteiger partial charge in [-0.05, 0) is 46.2 Å². The van der Waals surface area contributed by atoms with Crippen molar-refractivity contribution in [3.05, 3.63) is 45.2 Å². The zero-order valence-corrected chi connectivity index (χ0v) is 12.0. The number of thiophene rings is 1. The van der Waals surface area contributed by atoms with Gasteiger partial charge in [-0.3, -0.25) is 0 Å². The highest BCUT2D eigenvalue weighted by molar-refractivity contribution is 9.10. The van der Waals surface area contributed by atoms with Crippen LogP contribution in [0.5, 0.6) is 0 Å². The Balaban J connectivity index is 2.16. The number of hydrogen-bond acceptors (Lipinski definition) is 4. The molecule has 2 aromatic heterocycles. The van der Waals surface area contributed by atoms with E-state index in [4.69, 9.17) is 5.26 Å². The van der Waals surface area contributed by atoms with Gasteiger partial charge in [-0.15, -0.1) is 5.10 Å². The molecular formula is C13H7BrN4S. The van der Waals surface area contributed by atoms with Crippen molar-refractivity contribution in [2.45, 2.75) is 0 Å². The van der Waals surface area contributed by atoms with E-state index >= 15 is 0 Å². The molecule has 3 aromatic rings. The van der Waals surface area contributed by atoms with E-state index in [1.54, 1.807) is 11.3 Å². The SMILES string of the molecule is N#Cc1[nH]nnc1-c1cc(Br)cc(-c2ccsc2)c1. The van der Waals surface area contributed by atoms with Crippen molar-refractivity contribution >= 4 is 27.3 Å². The van der Waals surface area contributed by atoms with Crippen molar-refractivity contribution in [2.75, 3.05) is 0 Å².